The summed E-state index contributed by atoms with van der Waals surface area (Å²) in [6.45, 7) is 9.93. The predicted octanol–water partition coefficient (Wildman–Crippen LogP) is 5.43. The third-order valence-corrected chi connectivity index (χ3v) is 8.95. The first-order chi connectivity index (χ1) is 23.0. The number of hydrogen-bond acceptors (Lipinski definition) is 9. The normalized spacial score (nSPS) is 16.8. The van der Waals surface area contributed by atoms with E-state index in [1.165, 1.54) is 11.8 Å². The lowest BCUT2D eigenvalue weighted by Crippen LogP contribution is -2.46. The molecular formula is C35H43N9O3. The van der Waals surface area contributed by atoms with Gasteiger partial charge in [0, 0.05) is 62.8 Å². The number of nitrogens with one attached hydrogen (secondary N) is 2. The van der Waals surface area contributed by atoms with Crippen molar-refractivity contribution < 1.29 is 14.7 Å². The summed E-state index contributed by atoms with van der Waals surface area (Å²) in [6, 6.07) is 18.3. The maximum Gasteiger partial charge on any atom is 0.303 e. The Labute approximate surface area is 275 Å². The molecule has 4 heterocycles. The molecule has 1 atom stereocenters. The van der Waals surface area contributed by atoms with Crippen molar-refractivity contribution >= 4 is 52.0 Å². The zero-order valence-corrected chi connectivity index (χ0v) is 26.7. The standard InChI is InChI=1S/C35H43N9O3/c1-2-31(45)43-19-17-29(25-43)44-33-30(39-35(44)38-26-10-6-5-7-11-26)24-36-34(40-33)37-27-13-15-28(16-14-27)42-22-20-41(21-23-42)18-9-4-3-8-12-32(46)47/h2,5-7,10-11,13-16,24,29H,1,3-4,8-9,12,17-23,25H2,(H,38,39)(H,46,47)(H,36,37,40)/t29-/m0/s1. The fourth-order valence-electron chi connectivity index (χ4n) is 6.40. The number of fused-ring (bicyclic) bond motifs is 1. The van der Waals surface area contributed by atoms with Crippen LogP contribution in [0.15, 0.2) is 73.4 Å². The minimum Gasteiger partial charge on any atom is -0.481 e. The highest BCUT2D eigenvalue weighted by atomic mass is 16.4. The number of benzene rings is 2. The van der Waals surface area contributed by atoms with Gasteiger partial charge in [0.15, 0.2) is 5.65 Å². The first-order valence-electron chi connectivity index (χ1n) is 16.5. The number of anilines is 5. The first kappa shape index (κ1) is 32.0. The molecule has 0 aliphatic carbocycles. The Morgan fingerprint density at radius 2 is 1.64 bits per heavy atom. The molecule has 1 amide bonds. The van der Waals surface area contributed by atoms with E-state index in [2.05, 4.69) is 60.8 Å². The third kappa shape index (κ3) is 8.07. The number of imidazole rings is 1. The van der Waals surface area contributed by atoms with Crippen molar-refractivity contribution in [1.82, 2.24) is 29.3 Å². The summed E-state index contributed by atoms with van der Waals surface area (Å²) in [5.41, 5.74) is 4.38. The molecule has 0 bridgehead atoms. The largest absolute Gasteiger partial charge is 0.481 e. The molecule has 2 aromatic carbocycles. The lowest BCUT2D eigenvalue weighted by molar-refractivity contribution is -0.137. The number of carboxylic acids is 1. The topological polar surface area (TPSA) is 132 Å². The molecule has 4 aromatic rings. The summed E-state index contributed by atoms with van der Waals surface area (Å²) in [7, 11) is 0. The molecule has 0 saturated carbocycles. The predicted molar refractivity (Wildman–Crippen MR) is 185 cm³/mol. The molecule has 0 radical (unpaired) electrons. The molecule has 2 aliphatic rings. The number of carbonyl (C=O) groups excluding carboxylic acids is 1. The maximum atomic E-state index is 12.4. The highest BCUT2D eigenvalue weighted by Crippen LogP contribution is 2.32. The van der Waals surface area contributed by atoms with Gasteiger partial charge in [-0.2, -0.15) is 4.98 Å². The van der Waals surface area contributed by atoms with Crippen LogP contribution in [-0.2, 0) is 9.59 Å². The van der Waals surface area contributed by atoms with Crippen LogP contribution in [0.25, 0.3) is 11.2 Å². The second-order valence-corrected chi connectivity index (χ2v) is 12.2. The van der Waals surface area contributed by atoms with E-state index in [-0.39, 0.29) is 18.4 Å². The van der Waals surface area contributed by atoms with Crippen molar-refractivity contribution in [3.63, 3.8) is 0 Å². The number of amides is 1. The molecule has 0 unspecified atom stereocenters. The van der Waals surface area contributed by atoms with Gasteiger partial charge in [-0.25, -0.2) is 9.97 Å². The summed E-state index contributed by atoms with van der Waals surface area (Å²) in [5.74, 6) is 0.367. The second-order valence-electron chi connectivity index (χ2n) is 12.2. The minimum absolute atomic E-state index is 0.00132. The van der Waals surface area contributed by atoms with E-state index >= 15 is 0 Å². The molecule has 2 fully saturated rings. The molecule has 12 nitrogen and oxygen atoms in total. The quantitative estimate of drug-likeness (QED) is 0.122. The molecule has 6 rings (SSSR count). The number of likely N-dealkylation sites (tertiary alicyclic amines) is 1. The number of rotatable bonds is 14. The van der Waals surface area contributed by atoms with Gasteiger partial charge in [-0.15, -0.1) is 0 Å². The molecule has 2 aromatic heterocycles. The van der Waals surface area contributed by atoms with Gasteiger partial charge < -0.3 is 25.5 Å². The molecule has 47 heavy (non-hydrogen) atoms. The fourth-order valence-corrected chi connectivity index (χ4v) is 6.40. The smallest absolute Gasteiger partial charge is 0.303 e. The van der Waals surface area contributed by atoms with Crippen molar-refractivity contribution in [1.29, 1.82) is 0 Å². The Morgan fingerprint density at radius 1 is 0.894 bits per heavy atom. The first-order valence-corrected chi connectivity index (χ1v) is 16.5. The SMILES string of the molecule is C=CC(=O)N1CC[C@H](n2c(Nc3ccccc3)nc3cnc(Nc4ccc(N5CCN(CCCCCCC(=O)O)CC5)cc4)nc32)C1. The van der Waals surface area contributed by atoms with E-state index in [9.17, 15) is 9.59 Å². The Morgan fingerprint density at radius 3 is 2.38 bits per heavy atom. The average Bonchev–Trinajstić information content (AvgIpc) is 3.71. The van der Waals surface area contributed by atoms with Gasteiger partial charge in [0.1, 0.15) is 5.52 Å². The lowest BCUT2D eigenvalue weighted by Gasteiger charge is -2.36. The van der Waals surface area contributed by atoms with E-state index in [0.29, 0.717) is 36.2 Å². The Balaban J connectivity index is 1.10. The van der Waals surface area contributed by atoms with Crippen molar-refractivity contribution in [2.45, 2.75) is 44.6 Å². The molecular weight excluding hydrogens is 594 g/mol. The number of carboxylic acid groups (broad SMARTS) is 1. The molecule has 3 N–H and O–H groups in total. The number of unbranched alkanes of at least 4 members (excludes halogenated alkanes) is 3. The van der Waals surface area contributed by atoms with Crippen LogP contribution < -0.4 is 15.5 Å². The van der Waals surface area contributed by atoms with Crippen LogP contribution in [0.2, 0.25) is 0 Å². The summed E-state index contributed by atoms with van der Waals surface area (Å²) >= 11 is 0. The Kier molecular flexibility index (Phi) is 10.3. The van der Waals surface area contributed by atoms with Crippen LogP contribution in [0.4, 0.5) is 29.0 Å². The van der Waals surface area contributed by atoms with Gasteiger partial charge in [-0.3, -0.25) is 19.1 Å². The number of aliphatic carboxylic acids is 1. The third-order valence-electron chi connectivity index (χ3n) is 8.95. The number of hydrogen-bond donors (Lipinski definition) is 3. The van der Waals surface area contributed by atoms with Crippen molar-refractivity contribution in [2.75, 3.05) is 61.3 Å². The zero-order chi connectivity index (χ0) is 32.6. The van der Waals surface area contributed by atoms with Gasteiger partial charge in [0.25, 0.3) is 0 Å². The van der Waals surface area contributed by atoms with E-state index in [1.807, 2.05) is 35.2 Å². The molecule has 2 aliphatic heterocycles. The van der Waals surface area contributed by atoms with Gasteiger partial charge >= 0.3 is 5.97 Å². The van der Waals surface area contributed by atoms with Crippen LogP contribution in [0.3, 0.4) is 0 Å². The molecule has 246 valence electrons. The number of carbonyl (C=O) groups is 2. The Hall–Kier alpha value is -4.97. The van der Waals surface area contributed by atoms with Gasteiger partial charge in [-0.1, -0.05) is 37.6 Å². The second kappa shape index (κ2) is 15.1. The van der Waals surface area contributed by atoms with Gasteiger partial charge in [0.05, 0.1) is 12.2 Å². The summed E-state index contributed by atoms with van der Waals surface area (Å²) < 4.78 is 2.09. The van der Waals surface area contributed by atoms with E-state index in [1.54, 1.807) is 6.20 Å². The van der Waals surface area contributed by atoms with Gasteiger partial charge in [0.2, 0.25) is 17.8 Å². The lowest BCUT2D eigenvalue weighted by atomic mass is 10.1. The van der Waals surface area contributed by atoms with Crippen molar-refractivity contribution in [3.05, 3.63) is 73.4 Å². The number of nitrogens with zero attached hydrogens (tertiary/aromatic N) is 7. The summed E-state index contributed by atoms with van der Waals surface area (Å²) in [5, 5.41) is 15.6. The van der Waals surface area contributed by atoms with Crippen LogP contribution in [0, 0.1) is 0 Å². The minimum atomic E-state index is -0.703. The molecule has 2 saturated heterocycles. The van der Waals surface area contributed by atoms with Crippen molar-refractivity contribution in [3.8, 4) is 0 Å². The molecule has 12 heteroatoms. The summed E-state index contributed by atoms with van der Waals surface area (Å²) in [6.07, 6.45) is 8.12. The van der Waals surface area contributed by atoms with E-state index in [4.69, 9.17) is 15.1 Å². The van der Waals surface area contributed by atoms with E-state index in [0.717, 1.165) is 76.2 Å². The molecule has 0 spiro atoms. The average molecular weight is 638 g/mol. The van der Waals surface area contributed by atoms with Crippen molar-refractivity contribution in [2.24, 2.45) is 0 Å². The highest BCUT2D eigenvalue weighted by molar-refractivity contribution is 5.87. The summed E-state index contributed by atoms with van der Waals surface area (Å²) in [4.78, 5) is 44.1. The van der Waals surface area contributed by atoms with Crippen LogP contribution in [-0.4, -0.2) is 92.1 Å². The number of aromatic nitrogens is 4. The number of para-hydroxylation sites is 1. The van der Waals surface area contributed by atoms with E-state index < -0.39 is 5.97 Å². The fraction of sp³-hybridized carbons (Fsp3) is 0.400. The van der Waals surface area contributed by atoms with Crippen LogP contribution >= 0.6 is 0 Å². The zero-order valence-electron chi connectivity index (χ0n) is 26.7. The van der Waals surface area contributed by atoms with Crippen LogP contribution in [0.5, 0.6) is 0 Å². The monoisotopic (exact) mass is 637 g/mol. The maximum absolute atomic E-state index is 12.4. The van der Waals surface area contributed by atoms with Gasteiger partial charge in [-0.05, 0) is 68.3 Å². The van der Waals surface area contributed by atoms with Crippen LogP contribution in [0.1, 0.15) is 44.6 Å². The Bertz CT molecular complexity index is 1670. The highest BCUT2D eigenvalue weighted by Gasteiger charge is 2.30. The number of piperazine rings is 1.